The maximum Gasteiger partial charge on any atom is 0.160 e. The Morgan fingerprint density at radius 1 is 1.15 bits per heavy atom. The Morgan fingerprint density at radius 2 is 2.00 bits per heavy atom. The first kappa shape index (κ1) is 19.8. The maximum absolute atomic E-state index is 9.70. The highest BCUT2D eigenvalue weighted by molar-refractivity contribution is 5.88. The molecule has 0 radical (unpaired) electrons. The van der Waals surface area contributed by atoms with Gasteiger partial charge in [-0.25, -0.2) is 9.97 Å². The molecule has 2 aromatic carbocycles. The molecule has 5 nitrogen and oxygen atoms in total. The molecule has 0 amide bonds. The Kier molecular flexibility index (Phi) is 4.55. The van der Waals surface area contributed by atoms with E-state index in [1.165, 1.54) is 18.4 Å². The minimum Gasteiger partial charge on any atom is -0.488 e. The molecule has 1 fully saturated rings. The van der Waals surface area contributed by atoms with Crippen molar-refractivity contribution in [1.82, 2.24) is 14.5 Å². The van der Waals surface area contributed by atoms with Gasteiger partial charge in [0.1, 0.15) is 23.7 Å². The number of imidazole rings is 1. The lowest BCUT2D eigenvalue weighted by molar-refractivity contribution is 0.307. The summed E-state index contributed by atoms with van der Waals surface area (Å²) in [5.41, 5.74) is 9.08. The van der Waals surface area contributed by atoms with E-state index in [1.807, 2.05) is 43.5 Å². The van der Waals surface area contributed by atoms with E-state index < -0.39 is 0 Å². The highest BCUT2D eigenvalue weighted by atomic mass is 16.5. The van der Waals surface area contributed by atoms with Crippen molar-refractivity contribution in [3.63, 3.8) is 0 Å². The van der Waals surface area contributed by atoms with Crippen LogP contribution in [0.25, 0.3) is 16.7 Å². The Morgan fingerprint density at radius 3 is 2.82 bits per heavy atom. The molecule has 0 unspecified atom stereocenters. The van der Waals surface area contributed by atoms with Gasteiger partial charge in [0.05, 0.1) is 12.6 Å². The molecule has 0 bridgehead atoms. The number of fused-ring (bicyclic) bond motifs is 3. The number of ether oxygens (including phenoxy) is 1. The largest absolute Gasteiger partial charge is 0.488 e. The topological polar surface area (TPSA) is 63.7 Å². The fraction of sp³-hybridized carbons (Fsp3) is 0.250. The molecule has 6 rings (SSSR count). The number of pyridine rings is 1. The van der Waals surface area contributed by atoms with Gasteiger partial charge in [-0.05, 0) is 67.1 Å². The molecular formula is C28H24N4O. The molecule has 3 heterocycles. The molecule has 5 heteroatoms. The van der Waals surface area contributed by atoms with E-state index in [0.717, 1.165) is 57.1 Å². The fourth-order valence-corrected chi connectivity index (χ4v) is 4.82. The zero-order valence-corrected chi connectivity index (χ0v) is 18.8. The summed E-state index contributed by atoms with van der Waals surface area (Å²) in [6.07, 6.45) is 4.26. The lowest BCUT2D eigenvalue weighted by Crippen LogP contribution is -2.07. The number of allylic oxidation sites excluding steroid dienone is 1. The Hall–Kier alpha value is -3.91. The van der Waals surface area contributed by atoms with Crippen molar-refractivity contribution < 1.29 is 4.74 Å². The molecule has 4 aromatic rings. The Balaban J connectivity index is 1.46. The van der Waals surface area contributed by atoms with Gasteiger partial charge in [0.2, 0.25) is 0 Å². The summed E-state index contributed by atoms with van der Waals surface area (Å²) in [4.78, 5) is 9.66. The van der Waals surface area contributed by atoms with E-state index in [1.54, 1.807) is 0 Å². The van der Waals surface area contributed by atoms with Gasteiger partial charge < -0.3 is 9.30 Å². The summed E-state index contributed by atoms with van der Waals surface area (Å²) in [5, 5.41) is 9.70. The van der Waals surface area contributed by atoms with Crippen LogP contribution in [0.3, 0.4) is 0 Å². The summed E-state index contributed by atoms with van der Waals surface area (Å²) in [5.74, 6) is 2.49. The summed E-state index contributed by atoms with van der Waals surface area (Å²) >= 11 is 0. The second kappa shape index (κ2) is 7.60. The Bertz CT molecular complexity index is 1480. The van der Waals surface area contributed by atoms with Crippen LogP contribution in [0.4, 0.5) is 0 Å². The van der Waals surface area contributed by atoms with Crippen molar-refractivity contribution >= 4 is 16.7 Å². The summed E-state index contributed by atoms with van der Waals surface area (Å²) in [6.45, 7) is 5.17. The van der Waals surface area contributed by atoms with E-state index in [4.69, 9.17) is 9.72 Å². The predicted molar refractivity (Wildman–Crippen MR) is 128 cm³/mol. The van der Waals surface area contributed by atoms with Gasteiger partial charge >= 0.3 is 0 Å². The van der Waals surface area contributed by atoms with Gasteiger partial charge in [0, 0.05) is 28.8 Å². The number of aryl methyl sites for hydroxylation is 1. The predicted octanol–water partition coefficient (Wildman–Crippen LogP) is 5.90. The van der Waals surface area contributed by atoms with Crippen molar-refractivity contribution in [3.8, 4) is 11.8 Å². The van der Waals surface area contributed by atoms with Crippen molar-refractivity contribution in [3.05, 3.63) is 93.9 Å². The molecule has 2 aromatic heterocycles. The number of rotatable bonds is 3. The van der Waals surface area contributed by atoms with Crippen LogP contribution in [0, 0.1) is 18.3 Å². The first-order valence-corrected chi connectivity index (χ1v) is 11.4. The van der Waals surface area contributed by atoms with Crippen LogP contribution in [0.15, 0.2) is 60.3 Å². The number of benzene rings is 2. The molecule has 1 aliphatic heterocycles. The number of hydrogen-bond donors (Lipinski definition) is 0. The van der Waals surface area contributed by atoms with Crippen LogP contribution in [0.1, 0.15) is 59.3 Å². The third kappa shape index (κ3) is 3.30. The average Bonchev–Trinajstić information content (AvgIpc) is 3.63. The van der Waals surface area contributed by atoms with Gasteiger partial charge in [0.15, 0.2) is 5.65 Å². The normalized spacial score (nSPS) is 16.4. The van der Waals surface area contributed by atoms with Gasteiger partial charge in [-0.15, -0.1) is 0 Å². The van der Waals surface area contributed by atoms with Crippen LogP contribution in [0.5, 0.6) is 5.75 Å². The van der Waals surface area contributed by atoms with Crippen LogP contribution in [-0.2, 0) is 13.2 Å². The van der Waals surface area contributed by atoms with Gasteiger partial charge in [-0.1, -0.05) is 30.3 Å². The number of nitrogens with zero attached hydrogens (tertiary/aromatic N) is 4. The van der Waals surface area contributed by atoms with Crippen LogP contribution in [-0.4, -0.2) is 14.5 Å². The zero-order valence-electron chi connectivity index (χ0n) is 18.8. The molecule has 0 N–H and O–H groups in total. The first-order chi connectivity index (χ1) is 16.1. The Labute approximate surface area is 193 Å². The number of aromatic nitrogens is 3. The van der Waals surface area contributed by atoms with E-state index >= 15 is 0 Å². The van der Waals surface area contributed by atoms with Crippen LogP contribution < -0.4 is 4.74 Å². The molecule has 2 aliphatic rings. The maximum atomic E-state index is 9.70. The second-order valence-electron chi connectivity index (χ2n) is 9.02. The minimum atomic E-state index is 0.472. The van der Waals surface area contributed by atoms with Crippen molar-refractivity contribution in [2.24, 2.45) is 0 Å². The van der Waals surface area contributed by atoms with E-state index in [9.17, 15) is 5.26 Å². The SMILES string of the molecule is C/C(C#N)=C1\c2ccc(Cn3c(C4CC4)nc4c(C)ccnc43)cc2COc2ccccc21. The van der Waals surface area contributed by atoms with Gasteiger partial charge in [-0.2, -0.15) is 5.26 Å². The van der Waals surface area contributed by atoms with Crippen LogP contribution >= 0.6 is 0 Å². The smallest absolute Gasteiger partial charge is 0.160 e. The summed E-state index contributed by atoms with van der Waals surface area (Å²) in [6, 6.07) is 18.9. The second-order valence-corrected chi connectivity index (χ2v) is 9.02. The quantitative estimate of drug-likeness (QED) is 0.378. The molecule has 1 saturated carbocycles. The van der Waals surface area contributed by atoms with E-state index in [2.05, 4.69) is 40.7 Å². The third-order valence-electron chi connectivity index (χ3n) is 6.67. The lowest BCUT2D eigenvalue weighted by atomic mass is 9.90. The third-order valence-corrected chi connectivity index (χ3v) is 6.67. The molecule has 0 atom stereocenters. The van der Waals surface area contributed by atoms with Crippen molar-refractivity contribution in [2.45, 2.75) is 45.8 Å². The average molecular weight is 433 g/mol. The molecule has 0 spiro atoms. The van der Waals surface area contributed by atoms with E-state index in [0.29, 0.717) is 18.1 Å². The van der Waals surface area contributed by atoms with Gasteiger partial charge in [-0.3, -0.25) is 0 Å². The standard InChI is InChI=1S/C28H24N4O/c1-17-11-12-30-28-26(17)31-27(20-8-9-20)32(28)15-19-7-10-22-21(13-19)16-33-24-6-4-3-5-23(24)25(22)18(2)14-29/h3-7,10-13,20H,8-9,15-16H2,1-2H3/b25-18-. The number of hydrogen-bond acceptors (Lipinski definition) is 4. The van der Waals surface area contributed by atoms with Crippen LogP contribution in [0.2, 0.25) is 0 Å². The molecule has 0 saturated heterocycles. The summed E-state index contributed by atoms with van der Waals surface area (Å²) < 4.78 is 8.46. The molecule has 162 valence electrons. The monoisotopic (exact) mass is 432 g/mol. The van der Waals surface area contributed by atoms with Crippen molar-refractivity contribution in [2.75, 3.05) is 0 Å². The van der Waals surface area contributed by atoms with Gasteiger partial charge in [0.25, 0.3) is 0 Å². The molecule has 33 heavy (non-hydrogen) atoms. The zero-order chi connectivity index (χ0) is 22.5. The molecular weight excluding hydrogens is 408 g/mol. The lowest BCUT2D eigenvalue weighted by Gasteiger charge is -2.14. The number of para-hydroxylation sites is 1. The molecule has 1 aliphatic carbocycles. The first-order valence-electron chi connectivity index (χ1n) is 11.4. The van der Waals surface area contributed by atoms with E-state index in [-0.39, 0.29) is 0 Å². The summed E-state index contributed by atoms with van der Waals surface area (Å²) in [7, 11) is 0. The highest BCUT2D eigenvalue weighted by Gasteiger charge is 2.30. The number of nitriles is 1. The highest BCUT2D eigenvalue weighted by Crippen LogP contribution is 2.42. The van der Waals surface area contributed by atoms with Crippen molar-refractivity contribution in [1.29, 1.82) is 5.26 Å². The fourth-order valence-electron chi connectivity index (χ4n) is 4.82. The minimum absolute atomic E-state index is 0.472.